The third kappa shape index (κ3) is 4.32. The number of halogens is 3. The maximum atomic E-state index is 13.2. The molecular weight excluding hydrogens is 477 g/mol. The number of nitrogens with zero attached hydrogens (tertiary/aromatic N) is 4. The van der Waals surface area contributed by atoms with Gasteiger partial charge in [-0.25, -0.2) is 8.42 Å². The monoisotopic (exact) mass is 498 g/mol. The van der Waals surface area contributed by atoms with Crippen LogP contribution in [-0.2, 0) is 27.4 Å². The molecule has 182 valence electrons. The Labute approximate surface area is 193 Å². The van der Waals surface area contributed by atoms with E-state index in [0.717, 1.165) is 17.7 Å². The Morgan fingerprint density at radius 1 is 1.00 bits per heavy atom. The molecule has 2 aliphatic heterocycles. The number of nitro benzene ring substituents is 1. The first-order valence-corrected chi connectivity index (χ1v) is 11.9. The van der Waals surface area contributed by atoms with Crippen LogP contribution in [0.25, 0.3) is 0 Å². The van der Waals surface area contributed by atoms with E-state index in [1.807, 2.05) is 0 Å². The van der Waals surface area contributed by atoms with Gasteiger partial charge in [0.2, 0.25) is 15.9 Å². The number of amides is 1. The smallest absolute Gasteiger partial charge is 0.363 e. The van der Waals surface area contributed by atoms with Crippen LogP contribution in [-0.4, -0.2) is 56.3 Å². The lowest BCUT2D eigenvalue weighted by Gasteiger charge is -2.35. The van der Waals surface area contributed by atoms with E-state index in [1.165, 1.54) is 22.2 Å². The van der Waals surface area contributed by atoms with Gasteiger partial charge in [-0.2, -0.15) is 17.5 Å². The number of fused-ring (bicyclic) bond motifs is 1. The van der Waals surface area contributed by atoms with Crippen molar-refractivity contribution >= 4 is 33.0 Å². The molecule has 0 bridgehead atoms. The van der Waals surface area contributed by atoms with Crippen molar-refractivity contribution in [3.8, 4) is 0 Å². The number of nitro groups is 1. The van der Waals surface area contributed by atoms with Gasteiger partial charge in [-0.1, -0.05) is 0 Å². The van der Waals surface area contributed by atoms with Crippen LogP contribution in [0, 0.1) is 10.1 Å². The number of rotatable bonds is 4. The molecule has 0 saturated carbocycles. The third-order valence-corrected chi connectivity index (χ3v) is 7.94. The molecule has 34 heavy (non-hydrogen) atoms. The highest BCUT2D eigenvalue weighted by Gasteiger charge is 2.36. The number of sulfonamides is 1. The molecule has 1 amide bonds. The Balaban J connectivity index is 1.52. The van der Waals surface area contributed by atoms with E-state index in [2.05, 4.69) is 0 Å². The minimum absolute atomic E-state index is 0.0110. The van der Waals surface area contributed by atoms with Crippen LogP contribution < -0.4 is 9.80 Å². The van der Waals surface area contributed by atoms with Gasteiger partial charge in [-0.15, -0.1) is 0 Å². The number of benzene rings is 2. The summed E-state index contributed by atoms with van der Waals surface area (Å²) in [5.41, 5.74) is -0.345. The Hall–Kier alpha value is -3.19. The van der Waals surface area contributed by atoms with Crippen LogP contribution in [0.5, 0.6) is 0 Å². The fraction of sp³-hybridized carbons (Fsp3) is 0.381. The molecule has 0 N–H and O–H groups in total. The van der Waals surface area contributed by atoms with E-state index in [4.69, 9.17) is 0 Å². The zero-order valence-electron chi connectivity index (χ0n) is 18.1. The summed E-state index contributed by atoms with van der Waals surface area (Å²) in [4.78, 5) is 25.4. The van der Waals surface area contributed by atoms with Crippen LogP contribution in [0.4, 0.5) is 30.2 Å². The molecule has 0 radical (unpaired) electrons. The van der Waals surface area contributed by atoms with Gasteiger partial charge in [0.05, 0.1) is 15.4 Å². The molecule has 0 aromatic heterocycles. The highest BCUT2D eigenvalue weighted by atomic mass is 32.2. The van der Waals surface area contributed by atoms with Crippen LogP contribution in [0.2, 0.25) is 0 Å². The average molecular weight is 498 g/mol. The average Bonchev–Trinajstić information content (AvgIpc) is 3.22. The second kappa shape index (κ2) is 8.55. The maximum Gasteiger partial charge on any atom is 0.416 e. The summed E-state index contributed by atoms with van der Waals surface area (Å²) in [5, 5.41) is 11.4. The fourth-order valence-corrected chi connectivity index (χ4v) is 5.77. The van der Waals surface area contributed by atoms with E-state index in [-0.39, 0.29) is 42.7 Å². The highest BCUT2D eigenvalue weighted by Crippen LogP contribution is 2.37. The predicted octanol–water partition coefficient (Wildman–Crippen LogP) is 3.03. The molecule has 1 fully saturated rings. The van der Waals surface area contributed by atoms with Gasteiger partial charge in [-0.05, 0) is 42.3 Å². The number of carbonyl (C=O) groups is 1. The fourth-order valence-electron chi connectivity index (χ4n) is 4.30. The number of anilines is 2. The molecule has 0 aliphatic carbocycles. The van der Waals surface area contributed by atoms with Crippen LogP contribution in [0.1, 0.15) is 18.1 Å². The van der Waals surface area contributed by atoms with E-state index in [1.54, 1.807) is 17.0 Å². The van der Waals surface area contributed by atoms with Crippen molar-refractivity contribution in [1.82, 2.24) is 4.31 Å². The number of alkyl halides is 3. The zero-order chi connectivity index (χ0) is 24.8. The van der Waals surface area contributed by atoms with Crippen molar-refractivity contribution in [2.45, 2.75) is 24.4 Å². The van der Waals surface area contributed by atoms with Gasteiger partial charge < -0.3 is 9.80 Å². The molecule has 2 aromatic carbocycles. The molecule has 2 heterocycles. The van der Waals surface area contributed by atoms with Crippen LogP contribution >= 0.6 is 0 Å². The van der Waals surface area contributed by atoms with E-state index in [0.29, 0.717) is 24.7 Å². The van der Waals surface area contributed by atoms with Crippen molar-refractivity contribution in [1.29, 1.82) is 0 Å². The standard InChI is InChI=1S/C21H21F3N4O5S/c1-14(29)27-7-6-15-12-17(3-5-18(15)27)34(32,33)26-10-8-25(9-11-26)19-4-2-16(21(22,23)24)13-20(19)28(30)31/h2-5,12-13H,6-11H2,1H3. The Morgan fingerprint density at radius 3 is 2.24 bits per heavy atom. The summed E-state index contributed by atoms with van der Waals surface area (Å²) in [6.07, 6.45) is -4.17. The summed E-state index contributed by atoms with van der Waals surface area (Å²) in [6.45, 7) is 2.11. The third-order valence-electron chi connectivity index (χ3n) is 6.04. The summed E-state index contributed by atoms with van der Waals surface area (Å²) in [5.74, 6) is -0.122. The van der Waals surface area contributed by atoms with E-state index >= 15 is 0 Å². The van der Waals surface area contributed by atoms with Gasteiger partial charge in [-0.3, -0.25) is 14.9 Å². The number of piperazine rings is 1. The summed E-state index contributed by atoms with van der Waals surface area (Å²) >= 11 is 0. The summed E-state index contributed by atoms with van der Waals surface area (Å²) < 4.78 is 66.5. The quantitative estimate of drug-likeness (QED) is 0.474. The van der Waals surface area contributed by atoms with Crippen molar-refractivity contribution in [3.63, 3.8) is 0 Å². The summed E-state index contributed by atoms with van der Waals surface area (Å²) in [6, 6.07) is 6.93. The predicted molar refractivity (Wildman–Crippen MR) is 117 cm³/mol. The molecule has 2 aromatic rings. The van der Waals surface area contributed by atoms with E-state index in [9.17, 15) is 36.5 Å². The molecule has 2 aliphatic rings. The SMILES string of the molecule is CC(=O)N1CCc2cc(S(=O)(=O)N3CCN(c4ccc(C(F)(F)F)cc4[N+](=O)[O-])CC3)ccc21. The largest absolute Gasteiger partial charge is 0.416 e. The molecule has 0 atom stereocenters. The molecule has 0 unspecified atom stereocenters. The van der Waals surface area contributed by atoms with Crippen LogP contribution in [0.3, 0.4) is 0 Å². The second-order valence-corrected chi connectivity index (χ2v) is 10.00. The zero-order valence-corrected chi connectivity index (χ0v) is 18.9. The van der Waals surface area contributed by atoms with Gasteiger partial charge in [0, 0.05) is 51.4 Å². The number of hydrogen-bond acceptors (Lipinski definition) is 6. The first-order valence-electron chi connectivity index (χ1n) is 10.4. The van der Waals surface area contributed by atoms with Crippen molar-refractivity contribution < 1.29 is 31.3 Å². The lowest BCUT2D eigenvalue weighted by molar-refractivity contribution is -0.384. The highest BCUT2D eigenvalue weighted by molar-refractivity contribution is 7.89. The lowest BCUT2D eigenvalue weighted by Crippen LogP contribution is -2.48. The minimum atomic E-state index is -4.71. The first-order chi connectivity index (χ1) is 15.9. The normalized spacial score (nSPS) is 17.1. The Morgan fingerprint density at radius 2 is 1.65 bits per heavy atom. The first kappa shape index (κ1) is 24.0. The lowest BCUT2D eigenvalue weighted by atomic mass is 10.1. The van der Waals surface area contributed by atoms with Gasteiger partial charge in [0.1, 0.15) is 5.69 Å². The molecule has 0 spiro atoms. The van der Waals surface area contributed by atoms with Gasteiger partial charge in [0.15, 0.2) is 0 Å². The summed E-state index contributed by atoms with van der Waals surface area (Å²) in [7, 11) is -3.86. The molecule has 4 rings (SSSR count). The second-order valence-electron chi connectivity index (χ2n) is 8.06. The molecule has 1 saturated heterocycles. The topological polar surface area (TPSA) is 104 Å². The van der Waals surface area contributed by atoms with Crippen LogP contribution in [0.15, 0.2) is 41.3 Å². The van der Waals surface area contributed by atoms with Gasteiger partial charge in [0.25, 0.3) is 5.69 Å². The number of carbonyl (C=O) groups excluding carboxylic acids is 1. The Kier molecular flexibility index (Phi) is 6.02. The van der Waals surface area contributed by atoms with Gasteiger partial charge >= 0.3 is 6.18 Å². The van der Waals surface area contributed by atoms with Crippen molar-refractivity contribution in [2.24, 2.45) is 0 Å². The Bertz CT molecular complexity index is 1260. The van der Waals surface area contributed by atoms with Crippen molar-refractivity contribution in [2.75, 3.05) is 42.5 Å². The minimum Gasteiger partial charge on any atom is -0.363 e. The van der Waals surface area contributed by atoms with Crippen molar-refractivity contribution in [3.05, 3.63) is 57.6 Å². The van der Waals surface area contributed by atoms with E-state index < -0.39 is 32.4 Å². The molecular formula is C21H21F3N4O5S. The molecule has 9 nitrogen and oxygen atoms in total. The molecule has 13 heteroatoms. The maximum absolute atomic E-state index is 13.2. The number of hydrogen-bond donors (Lipinski definition) is 0.